The molecule has 1 aromatic heterocycles. The molecule has 1 fully saturated rings. The Kier molecular flexibility index (Phi) is 3.21. The molecule has 2 N–H and O–H groups in total. The maximum atomic E-state index is 5.72. The first-order chi connectivity index (χ1) is 7.33. The molecule has 0 bridgehead atoms. The molecular weight excluding hydrogens is 186 g/mol. The first-order valence-corrected chi connectivity index (χ1v) is 5.68. The number of nitrogens with zero attached hydrogens (tertiary/aromatic N) is 2. The van der Waals surface area contributed by atoms with Crippen LogP contribution in [0.5, 0.6) is 0 Å². The number of anilines is 1. The van der Waals surface area contributed by atoms with Gasteiger partial charge in [-0.25, -0.2) is 0 Å². The standard InChI is InChI=1S/C12H19N3/c1-15(11-4-2-3-5-11)12-6-7-14-9-10(12)8-13/h6-7,9,11H,2-5,8,13H2,1H3. The summed E-state index contributed by atoms with van der Waals surface area (Å²) in [6.07, 6.45) is 9.06. The number of rotatable bonds is 3. The average Bonchev–Trinajstić information content (AvgIpc) is 2.81. The van der Waals surface area contributed by atoms with E-state index in [-0.39, 0.29) is 0 Å². The van der Waals surface area contributed by atoms with Crippen LogP contribution in [0.25, 0.3) is 0 Å². The largest absolute Gasteiger partial charge is 0.371 e. The van der Waals surface area contributed by atoms with Crippen molar-refractivity contribution in [3.8, 4) is 0 Å². The highest BCUT2D eigenvalue weighted by Gasteiger charge is 2.20. The van der Waals surface area contributed by atoms with Gasteiger partial charge < -0.3 is 10.6 Å². The smallest absolute Gasteiger partial charge is 0.0442 e. The van der Waals surface area contributed by atoms with E-state index in [9.17, 15) is 0 Å². The molecule has 1 aliphatic rings. The minimum absolute atomic E-state index is 0.570. The molecule has 0 aliphatic heterocycles. The van der Waals surface area contributed by atoms with Crippen molar-refractivity contribution >= 4 is 5.69 Å². The van der Waals surface area contributed by atoms with Gasteiger partial charge in [-0.1, -0.05) is 12.8 Å². The van der Waals surface area contributed by atoms with E-state index in [4.69, 9.17) is 5.73 Å². The summed E-state index contributed by atoms with van der Waals surface area (Å²) in [7, 11) is 2.17. The van der Waals surface area contributed by atoms with Gasteiger partial charge in [-0.2, -0.15) is 0 Å². The van der Waals surface area contributed by atoms with Gasteiger partial charge in [-0.05, 0) is 18.9 Å². The Labute approximate surface area is 91.3 Å². The van der Waals surface area contributed by atoms with Crippen molar-refractivity contribution in [2.45, 2.75) is 38.3 Å². The number of hydrogen-bond acceptors (Lipinski definition) is 3. The SMILES string of the molecule is CN(c1ccncc1CN)C1CCCC1. The molecule has 15 heavy (non-hydrogen) atoms. The molecule has 2 rings (SSSR count). The molecule has 1 aromatic rings. The van der Waals surface area contributed by atoms with Gasteiger partial charge in [0.05, 0.1) is 0 Å². The number of hydrogen-bond donors (Lipinski definition) is 1. The minimum atomic E-state index is 0.570. The van der Waals surface area contributed by atoms with Gasteiger partial charge in [0.1, 0.15) is 0 Å². The molecule has 1 aliphatic carbocycles. The van der Waals surface area contributed by atoms with Gasteiger partial charge >= 0.3 is 0 Å². The minimum Gasteiger partial charge on any atom is -0.371 e. The monoisotopic (exact) mass is 205 g/mol. The maximum Gasteiger partial charge on any atom is 0.0442 e. The van der Waals surface area contributed by atoms with Crippen molar-refractivity contribution in [2.75, 3.05) is 11.9 Å². The predicted molar refractivity (Wildman–Crippen MR) is 62.8 cm³/mol. The summed E-state index contributed by atoms with van der Waals surface area (Å²) in [6, 6.07) is 2.76. The second kappa shape index (κ2) is 4.62. The van der Waals surface area contributed by atoms with Gasteiger partial charge in [0, 0.05) is 43.3 Å². The summed E-state index contributed by atoms with van der Waals surface area (Å²) >= 11 is 0. The van der Waals surface area contributed by atoms with E-state index < -0.39 is 0 Å². The number of aromatic nitrogens is 1. The van der Waals surface area contributed by atoms with E-state index >= 15 is 0 Å². The summed E-state index contributed by atoms with van der Waals surface area (Å²) in [5, 5.41) is 0. The first kappa shape index (κ1) is 10.4. The topological polar surface area (TPSA) is 42.2 Å². The Morgan fingerprint density at radius 2 is 2.20 bits per heavy atom. The second-order valence-electron chi connectivity index (χ2n) is 4.26. The normalized spacial score (nSPS) is 16.9. The summed E-state index contributed by atoms with van der Waals surface area (Å²) in [5.74, 6) is 0. The van der Waals surface area contributed by atoms with E-state index in [1.807, 2.05) is 12.4 Å². The average molecular weight is 205 g/mol. The summed E-state index contributed by atoms with van der Waals surface area (Å²) in [6.45, 7) is 0.570. The van der Waals surface area contributed by atoms with Crippen LogP contribution in [-0.2, 0) is 6.54 Å². The van der Waals surface area contributed by atoms with Crippen molar-refractivity contribution in [2.24, 2.45) is 5.73 Å². The van der Waals surface area contributed by atoms with E-state index in [1.165, 1.54) is 31.4 Å². The van der Waals surface area contributed by atoms with Crippen LogP contribution in [0.1, 0.15) is 31.2 Å². The molecule has 0 unspecified atom stereocenters. The lowest BCUT2D eigenvalue weighted by Crippen LogP contribution is -2.30. The fraction of sp³-hybridized carbons (Fsp3) is 0.583. The van der Waals surface area contributed by atoms with Crippen molar-refractivity contribution in [1.82, 2.24) is 4.98 Å². The van der Waals surface area contributed by atoms with Crippen LogP contribution in [0, 0.1) is 0 Å². The van der Waals surface area contributed by atoms with Crippen LogP contribution in [0.2, 0.25) is 0 Å². The molecule has 0 spiro atoms. The van der Waals surface area contributed by atoms with Crippen LogP contribution >= 0.6 is 0 Å². The quantitative estimate of drug-likeness (QED) is 0.819. The van der Waals surface area contributed by atoms with E-state index in [0.717, 1.165) is 5.56 Å². The van der Waals surface area contributed by atoms with Crippen LogP contribution in [0.4, 0.5) is 5.69 Å². The summed E-state index contributed by atoms with van der Waals surface area (Å²) in [5.41, 5.74) is 8.12. The van der Waals surface area contributed by atoms with E-state index in [0.29, 0.717) is 12.6 Å². The lowest BCUT2D eigenvalue weighted by Gasteiger charge is -2.28. The predicted octanol–water partition coefficient (Wildman–Crippen LogP) is 1.92. The molecule has 0 amide bonds. The van der Waals surface area contributed by atoms with E-state index in [2.05, 4.69) is 23.0 Å². The van der Waals surface area contributed by atoms with Gasteiger partial charge in [-0.15, -0.1) is 0 Å². The molecule has 0 saturated heterocycles. The second-order valence-corrected chi connectivity index (χ2v) is 4.26. The molecule has 3 nitrogen and oxygen atoms in total. The lowest BCUT2D eigenvalue weighted by molar-refractivity contribution is 0.650. The third-order valence-electron chi connectivity index (χ3n) is 3.35. The fourth-order valence-electron chi connectivity index (χ4n) is 2.41. The zero-order chi connectivity index (χ0) is 10.7. The molecule has 1 saturated carbocycles. The Bertz CT molecular complexity index is 318. The zero-order valence-corrected chi connectivity index (χ0v) is 9.32. The summed E-state index contributed by atoms with van der Waals surface area (Å²) in [4.78, 5) is 6.49. The zero-order valence-electron chi connectivity index (χ0n) is 9.32. The van der Waals surface area contributed by atoms with Gasteiger partial charge in [0.25, 0.3) is 0 Å². The highest BCUT2D eigenvalue weighted by molar-refractivity contribution is 5.52. The number of nitrogens with two attached hydrogens (primary N) is 1. The maximum absolute atomic E-state index is 5.72. The third-order valence-corrected chi connectivity index (χ3v) is 3.35. The molecule has 0 radical (unpaired) electrons. The molecule has 0 atom stereocenters. The Balaban J connectivity index is 2.19. The van der Waals surface area contributed by atoms with Gasteiger partial charge in [0.15, 0.2) is 0 Å². The molecule has 0 aromatic carbocycles. The van der Waals surface area contributed by atoms with Crippen molar-refractivity contribution in [1.29, 1.82) is 0 Å². The highest BCUT2D eigenvalue weighted by atomic mass is 15.1. The van der Waals surface area contributed by atoms with Crippen LogP contribution in [0.15, 0.2) is 18.5 Å². The van der Waals surface area contributed by atoms with Crippen molar-refractivity contribution in [3.63, 3.8) is 0 Å². The Morgan fingerprint density at radius 3 is 2.87 bits per heavy atom. The Morgan fingerprint density at radius 1 is 1.47 bits per heavy atom. The Hall–Kier alpha value is -1.09. The molecule has 3 heteroatoms. The molecule has 82 valence electrons. The lowest BCUT2D eigenvalue weighted by atomic mass is 10.1. The highest BCUT2D eigenvalue weighted by Crippen LogP contribution is 2.28. The van der Waals surface area contributed by atoms with E-state index in [1.54, 1.807) is 0 Å². The fourth-order valence-corrected chi connectivity index (χ4v) is 2.41. The third kappa shape index (κ3) is 2.12. The van der Waals surface area contributed by atoms with Crippen LogP contribution in [-0.4, -0.2) is 18.1 Å². The summed E-state index contributed by atoms with van der Waals surface area (Å²) < 4.78 is 0. The van der Waals surface area contributed by atoms with Gasteiger partial charge in [0.2, 0.25) is 0 Å². The van der Waals surface area contributed by atoms with Crippen LogP contribution in [0.3, 0.4) is 0 Å². The first-order valence-electron chi connectivity index (χ1n) is 5.68. The van der Waals surface area contributed by atoms with Crippen LogP contribution < -0.4 is 10.6 Å². The van der Waals surface area contributed by atoms with Gasteiger partial charge in [-0.3, -0.25) is 4.98 Å². The number of pyridine rings is 1. The van der Waals surface area contributed by atoms with Crippen molar-refractivity contribution < 1.29 is 0 Å². The van der Waals surface area contributed by atoms with Crippen molar-refractivity contribution in [3.05, 3.63) is 24.0 Å². The molecule has 1 heterocycles. The molecular formula is C12H19N3.